The molecule has 0 saturated heterocycles. The molecule has 8 aromatic carbocycles. The number of aromatic nitrogens is 4. The van der Waals surface area contributed by atoms with Crippen molar-refractivity contribution in [2.24, 2.45) is 0 Å². The van der Waals surface area contributed by atoms with Gasteiger partial charge in [-0.1, -0.05) is 152 Å². The largest absolute Gasteiger partial charge is 0.309 e. The van der Waals surface area contributed by atoms with E-state index in [1.165, 1.54) is 27.1 Å². The van der Waals surface area contributed by atoms with E-state index in [1.54, 1.807) is 0 Å². The predicted octanol–water partition coefficient (Wildman–Crippen LogP) is 11.9. The van der Waals surface area contributed by atoms with E-state index in [4.69, 9.17) is 15.0 Å². The lowest BCUT2D eigenvalue weighted by molar-refractivity contribution is 1.08. The van der Waals surface area contributed by atoms with E-state index in [2.05, 4.69) is 150 Å². The summed E-state index contributed by atoms with van der Waals surface area (Å²) in [6.45, 7) is 0. The average Bonchev–Trinajstić information content (AvgIpc) is 3.55. The minimum atomic E-state index is 0.641. The first-order valence-electron chi connectivity index (χ1n) is 17.2. The van der Waals surface area contributed by atoms with Crippen LogP contribution in [0.3, 0.4) is 0 Å². The maximum absolute atomic E-state index is 5.16. The Bertz CT molecular complexity index is 2840. The lowest BCUT2D eigenvalue weighted by Crippen LogP contribution is -2.00. The van der Waals surface area contributed by atoms with Crippen molar-refractivity contribution in [2.45, 2.75) is 0 Å². The lowest BCUT2D eigenvalue weighted by atomic mass is 10.0. The van der Waals surface area contributed by atoms with E-state index in [0.717, 1.165) is 49.7 Å². The summed E-state index contributed by atoms with van der Waals surface area (Å²) in [5, 5.41) is 7.18. The van der Waals surface area contributed by atoms with Crippen molar-refractivity contribution in [3.05, 3.63) is 182 Å². The van der Waals surface area contributed by atoms with Gasteiger partial charge in [-0.05, 0) is 63.0 Å². The summed E-state index contributed by atoms with van der Waals surface area (Å²) in [6.07, 6.45) is 0. The molecule has 0 atom stereocenters. The number of benzene rings is 8. The minimum absolute atomic E-state index is 0.641. The molecule has 0 spiro atoms. The molecule has 0 bridgehead atoms. The zero-order valence-corrected chi connectivity index (χ0v) is 27.6. The van der Waals surface area contributed by atoms with Crippen molar-refractivity contribution < 1.29 is 0 Å². The van der Waals surface area contributed by atoms with Crippen LogP contribution >= 0.6 is 0 Å². The summed E-state index contributed by atoms with van der Waals surface area (Å²) in [6, 6.07) is 64.0. The predicted molar refractivity (Wildman–Crippen MR) is 211 cm³/mol. The highest BCUT2D eigenvalue weighted by atomic mass is 15.0. The lowest BCUT2D eigenvalue weighted by Gasteiger charge is -2.12. The molecule has 2 heterocycles. The number of hydrogen-bond acceptors (Lipinski definition) is 3. The molecule has 238 valence electrons. The quantitative estimate of drug-likeness (QED) is 0.174. The van der Waals surface area contributed by atoms with Crippen molar-refractivity contribution in [3.8, 4) is 51.0 Å². The Morgan fingerprint density at radius 2 is 0.922 bits per heavy atom. The van der Waals surface area contributed by atoms with Crippen LogP contribution in [-0.2, 0) is 0 Å². The van der Waals surface area contributed by atoms with Crippen LogP contribution in [0.4, 0.5) is 0 Å². The van der Waals surface area contributed by atoms with Crippen LogP contribution < -0.4 is 0 Å². The molecule has 4 nitrogen and oxygen atoms in total. The van der Waals surface area contributed by atoms with Crippen molar-refractivity contribution in [1.29, 1.82) is 0 Å². The molecular formula is C47H30N4. The summed E-state index contributed by atoms with van der Waals surface area (Å²) in [5.41, 5.74) is 8.51. The Kier molecular flexibility index (Phi) is 6.78. The van der Waals surface area contributed by atoms with Crippen LogP contribution in [0.15, 0.2) is 182 Å². The molecule has 51 heavy (non-hydrogen) atoms. The monoisotopic (exact) mass is 650 g/mol. The fourth-order valence-corrected chi connectivity index (χ4v) is 7.40. The third kappa shape index (κ3) is 4.96. The van der Waals surface area contributed by atoms with Crippen LogP contribution in [0.5, 0.6) is 0 Å². The number of nitrogens with zero attached hydrogens (tertiary/aromatic N) is 4. The Labute approximate surface area is 295 Å². The SMILES string of the molecule is c1ccc(-c2ccc3c(c2)c2c(-c4nc(-c5ccccc5)nc(-c5ccccc5)n4)cccc2n3-c2ccc3ccc4ccccc4c3c2)cc1. The van der Waals surface area contributed by atoms with Crippen molar-refractivity contribution in [3.63, 3.8) is 0 Å². The Morgan fingerprint density at radius 3 is 1.63 bits per heavy atom. The van der Waals surface area contributed by atoms with E-state index >= 15 is 0 Å². The van der Waals surface area contributed by atoms with Gasteiger partial charge >= 0.3 is 0 Å². The molecular weight excluding hydrogens is 621 g/mol. The summed E-state index contributed by atoms with van der Waals surface area (Å²) < 4.78 is 2.39. The summed E-state index contributed by atoms with van der Waals surface area (Å²) in [7, 11) is 0. The smallest absolute Gasteiger partial charge is 0.164 e. The van der Waals surface area contributed by atoms with Crippen LogP contribution in [0.2, 0.25) is 0 Å². The van der Waals surface area contributed by atoms with E-state index < -0.39 is 0 Å². The fourth-order valence-electron chi connectivity index (χ4n) is 7.40. The molecule has 0 aliphatic rings. The normalized spacial score (nSPS) is 11.5. The van der Waals surface area contributed by atoms with Crippen LogP contribution in [-0.4, -0.2) is 19.5 Å². The Hall–Kier alpha value is -6.91. The van der Waals surface area contributed by atoms with E-state index in [-0.39, 0.29) is 0 Å². The molecule has 4 heteroatoms. The molecule has 0 aliphatic heterocycles. The van der Waals surface area contributed by atoms with Crippen LogP contribution in [0.25, 0.3) is 94.3 Å². The molecule has 0 unspecified atom stereocenters. The van der Waals surface area contributed by atoms with Gasteiger partial charge in [0, 0.05) is 33.2 Å². The van der Waals surface area contributed by atoms with Gasteiger partial charge in [0.25, 0.3) is 0 Å². The molecule has 0 fully saturated rings. The third-order valence-corrected chi connectivity index (χ3v) is 9.83. The van der Waals surface area contributed by atoms with Crippen molar-refractivity contribution >= 4 is 43.4 Å². The molecule has 0 N–H and O–H groups in total. The van der Waals surface area contributed by atoms with Gasteiger partial charge in [0.2, 0.25) is 0 Å². The Balaban J connectivity index is 1.28. The number of rotatable bonds is 5. The minimum Gasteiger partial charge on any atom is -0.309 e. The summed E-state index contributed by atoms with van der Waals surface area (Å²) in [5.74, 6) is 1.93. The second kappa shape index (κ2) is 11.9. The highest BCUT2D eigenvalue weighted by Crippen LogP contribution is 2.41. The standard InChI is InChI=1S/C47H30N4/c1-4-13-31(14-5-1)36-26-28-42-41(29-36)44-39(47-49-45(34-16-6-2-7-17-34)48-46(50-47)35-18-8-3-9-19-35)21-12-22-43(44)51(42)37-27-25-33-24-23-32-15-10-11-20-38(32)40(33)30-37/h1-30H. The van der Waals surface area contributed by atoms with Crippen molar-refractivity contribution in [2.75, 3.05) is 0 Å². The average molecular weight is 651 g/mol. The molecule has 0 aliphatic carbocycles. The highest BCUT2D eigenvalue weighted by Gasteiger charge is 2.20. The summed E-state index contributed by atoms with van der Waals surface area (Å²) >= 11 is 0. The van der Waals surface area contributed by atoms with Gasteiger partial charge < -0.3 is 4.57 Å². The maximum Gasteiger partial charge on any atom is 0.164 e. The molecule has 0 amide bonds. The maximum atomic E-state index is 5.16. The fraction of sp³-hybridized carbons (Fsp3) is 0. The van der Waals surface area contributed by atoms with Crippen LogP contribution in [0.1, 0.15) is 0 Å². The second-order valence-corrected chi connectivity index (χ2v) is 12.9. The number of fused-ring (bicyclic) bond motifs is 6. The van der Waals surface area contributed by atoms with E-state index in [9.17, 15) is 0 Å². The first-order chi connectivity index (χ1) is 25.3. The topological polar surface area (TPSA) is 43.6 Å². The first-order valence-corrected chi connectivity index (χ1v) is 17.2. The zero-order chi connectivity index (χ0) is 33.7. The van der Waals surface area contributed by atoms with Gasteiger partial charge in [-0.3, -0.25) is 0 Å². The number of hydrogen-bond donors (Lipinski definition) is 0. The van der Waals surface area contributed by atoms with E-state index in [1.807, 2.05) is 36.4 Å². The van der Waals surface area contributed by atoms with Gasteiger partial charge in [-0.25, -0.2) is 15.0 Å². The molecule has 0 radical (unpaired) electrons. The van der Waals surface area contributed by atoms with Gasteiger partial charge in [0.05, 0.1) is 11.0 Å². The van der Waals surface area contributed by atoms with Gasteiger partial charge in [0.15, 0.2) is 17.5 Å². The zero-order valence-electron chi connectivity index (χ0n) is 27.6. The first kappa shape index (κ1) is 29.0. The molecule has 10 rings (SSSR count). The Morgan fingerprint density at radius 1 is 0.333 bits per heavy atom. The molecule has 2 aromatic heterocycles. The van der Waals surface area contributed by atoms with E-state index in [0.29, 0.717) is 17.5 Å². The molecule has 10 aromatic rings. The van der Waals surface area contributed by atoms with Crippen molar-refractivity contribution in [1.82, 2.24) is 19.5 Å². The van der Waals surface area contributed by atoms with Gasteiger partial charge in [0.1, 0.15) is 0 Å². The third-order valence-electron chi connectivity index (χ3n) is 9.83. The van der Waals surface area contributed by atoms with Gasteiger partial charge in [-0.15, -0.1) is 0 Å². The molecule has 0 saturated carbocycles. The highest BCUT2D eigenvalue weighted by molar-refractivity contribution is 6.16. The van der Waals surface area contributed by atoms with Crippen LogP contribution in [0, 0.1) is 0 Å². The van der Waals surface area contributed by atoms with Gasteiger partial charge in [-0.2, -0.15) is 0 Å². The summed E-state index contributed by atoms with van der Waals surface area (Å²) in [4.78, 5) is 15.3. The second-order valence-electron chi connectivity index (χ2n) is 12.9.